The summed E-state index contributed by atoms with van der Waals surface area (Å²) in [5, 5.41) is 2.94. The highest BCUT2D eigenvalue weighted by Crippen LogP contribution is 2.26. The normalized spacial score (nSPS) is 10.5. The van der Waals surface area contributed by atoms with Crippen molar-refractivity contribution in [3.8, 4) is 5.75 Å². The van der Waals surface area contributed by atoms with Crippen molar-refractivity contribution in [2.45, 2.75) is 24.2 Å². The van der Waals surface area contributed by atoms with Crippen LogP contribution in [0.4, 0.5) is 4.39 Å². The monoisotopic (exact) mass is 425 g/mol. The molecular weight excluding hydrogens is 405 g/mol. The molecule has 0 radical (unpaired) electrons. The number of thioether (sulfide) groups is 1. The highest BCUT2D eigenvalue weighted by atomic mass is 79.9. The van der Waals surface area contributed by atoms with Gasteiger partial charge in [-0.1, -0.05) is 6.07 Å². The third kappa shape index (κ3) is 7.08. The van der Waals surface area contributed by atoms with Crippen molar-refractivity contribution in [3.63, 3.8) is 0 Å². The molecule has 0 bridgehead atoms. The van der Waals surface area contributed by atoms with E-state index in [2.05, 4.69) is 21.2 Å². The number of nitrogens with one attached hydrogen (secondary N) is 1. The first-order chi connectivity index (χ1) is 12.1. The Kier molecular flexibility index (Phi) is 8.28. The SMILES string of the molecule is COc1ccc(CCC(=O)NCCCSc2ccc(F)cc2)cc1Br. The summed E-state index contributed by atoms with van der Waals surface area (Å²) in [6.45, 7) is 0.652. The number of ether oxygens (including phenoxy) is 1. The Bertz CT molecular complexity index is 694. The third-order valence-electron chi connectivity index (χ3n) is 3.58. The van der Waals surface area contributed by atoms with Crippen molar-refractivity contribution in [3.05, 3.63) is 58.3 Å². The van der Waals surface area contributed by atoms with Crippen molar-refractivity contribution in [1.29, 1.82) is 0 Å². The van der Waals surface area contributed by atoms with E-state index in [-0.39, 0.29) is 11.7 Å². The zero-order valence-electron chi connectivity index (χ0n) is 14.1. The molecule has 0 unspecified atom stereocenters. The topological polar surface area (TPSA) is 38.3 Å². The van der Waals surface area contributed by atoms with Crippen LogP contribution in [-0.2, 0) is 11.2 Å². The molecule has 0 aliphatic rings. The molecule has 0 atom stereocenters. The minimum Gasteiger partial charge on any atom is -0.496 e. The number of amides is 1. The van der Waals surface area contributed by atoms with Crippen molar-refractivity contribution in [1.82, 2.24) is 5.32 Å². The maximum absolute atomic E-state index is 12.8. The van der Waals surface area contributed by atoms with Crippen LogP contribution < -0.4 is 10.1 Å². The van der Waals surface area contributed by atoms with E-state index in [9.17, 15) is 9.18 Å². The molecule has 1 N–H and O–H groups in total. The van der Waals surface area contributed by atoms with E-state index < -0.39 is 0 Å². The third-order valence-corrected chi connectivity index (χ3v) is 5.30. The van der Waals surface area contributed by atoms with Crippen LogP contribution >= 0.6 is 27.7 Å². The zero-order valence-corrected chi connectivity index (χ0v) is 16.5. The lowest BCUT2D eigenvalue weighted by molar-refractivity contribution is -0.121. The van der Waals surface area contributed by atoms with E-state index in [1.165, 1.54) is 12.1 Å². The van der Waals surface area contributed by atoms with E-state index in [0.717, 1.165) is 32.9 Å². The van der Waals surface area contributed by atoms with Gasteiger partial charge in [0.05, 0.1) is 11.6 Å². The summed E-state index contributed by atoms with van der Waals surface area (Å²) < 4.78 is 18.9. The molecule has 25 heavy (non-hydrogen) atoms. The molecule has 2 aromatic carbocycles. The minimum atomic E-state index is -0.222. The molecule has 0 saturated heterocycles. The number of benzene rings is 2. The van der Waals surface area contributed by atoms with Crippen molar-refractivity contribution in [2.75, 3.05) is 19.4 Å². The van der Waals surface area contributed by atoms with Crippen molar-refractivity contribution >= 4 is 33.6 Å². The summed E-state index contributed by atoms with van der Waals surface area (Å²) in [6, 6.07) is 12.3. The summed E-state index contributed by atoms with van der Waals surface area (Å²) in [5.74, 6) is 1.50. The van der Waals surface area contributed by atoms with Crippen LogP contribution in [0.15, 0.2) is 51.8 Å². The van der Waals surface area contributed by atoms with Gasteiger partial charge >= 0.3 is 0 Å². The zero-order chi connectivity index (χ0) is 18.1. The first kappa shape index (κ1) is 19.8. The van der Waals surface area contributed by atoms with Crippen LogP contribution in [0.2, 0.25) is 0 Å². The molecule has 0 heterocycles. The summed E-state index contributed by atoms with van der Waals surface area (Å²) in [7, 11) is 1.63. The summed E-state index contributed by atoms with van der Waals surface area (Å²) in [5.41, 5.74) is 1.09. The molecule has 1 amide bonds. The molecule has 0 aliphatic carbocycles. The summed E-state index contributed by atoms with van der Waals surface area (Å²) >= 11 is 5.11. The van der Waals surface area contributed by atoms with Gasteiger partial charge in [-0.3, -0.25) is 4.79 Å². The average Bonchev–Trinajstić information content (AvgIpc) is 2.61. The number of carbonyl (C=O) groups excluding carboxylic acids is 1. The number of carbonyl (C=O) groups is 1. The molecule has 0 aromatic heterocycles. The fourth-order valence-electron chi connectivity index (χ4n) is 2.23. The number of hydrogen-bond donors (Lipinski definition) is 1. The van der Waals surface area contributed by atoms with E-state index in [0.29, 0.717) is 19.4 Å². The molecule has 2 aromatic rings. The lowest BCUT2D eigenvalue weighted by Crippen LogP contribution is -2.24. The molecule has 2 rings (SSSR count). The van der Waals surface area contributed by atoms with Crippen LogP contribution in [0.25, 0.3) is 0 Å². The van der Waals surface area contributed by atoms with Gasteiger partial charge in [0, 0.05) is 17.9 Å². The molecule has 134 valence electrons. The lowest BCUT2D eigenvalue weighted by Gasteiger charge is -2.07. The smallest absolute Gasteiger partial charge is 0.220 e. The summed E-state index contributed by atoms with van der Waals surface area (Å²) in [4.78, 5) is 12.9. The molecule has 6 heteroatoms. The minimum absolute atomic E-state index is 0.0544. The Morgan fingerprint density at radius 1 is 1.24 bits per heavy atom. The van der Waals surface area contributed by atoms with Crippen LogP contribution in [0.5, 0.6) is 5.75 Å². The van der Waals surface area contributed by atoms with E-state index >= 15 is 0 Å². The second kappa shape index (κ2) is 10.5. The fraction of sp³-hybridized carbons (Fsp3) is 0.316. The predicted molar refractivity (Wildman–Crippen MR) is 104 cm³/mol. The highest BCUT2D eigenvalue weighted by Gasteiger charge is 2.05. The van der Waals surface area contributed by atoms with Crippen LogP contribution in [0.1, 0.15) is 18.4 Å². The maximum atomic E-state index is 12.8. The maximum Gasteiger partial charge on any atom is 0.220 e. The van der Waals surface area contributed by atoms with E-state index in [4.69, 9.17) is 4.74 Å². The van der Waals surface area contributed by atoms with Crippen LogP contribution in [0, 0.1) is 5.82 Å². The van der Waals surface area contributed by atoms with Gasteiger partial charge in [0.15, 0.2) is 0 Å². The van der Waals surface area contributed by atoms with Crippen molar-refractivity contribution < 1.29 is 13.9 Å². The first-order valence-corrected chi connectivity index (χ1v) is 9.84. The van der Waals surface area contributed by atoms with E-state index in [1.54, 1.807) is 31.0 Å². The highest BCUT2D eigenvalue weighted by molar-refractivity contribution is 9.10. The van der Waals surface area contributed by atoms with E-state index in [1.807, 2.05) is 18.2 Å². The molecule has 3 nitrogen and oxygen atoms in total. The second-order valence-electron chi connectivity index (χ2n) is 5.47. The Morgan fingerprint density at radius 3 is 2.68 bits per heavy atom. The van der Waals surface area contributed by atoms with Gasteiger partial charge in [-0.25, -0.2) is 4.39 Å². The first-order valence-electron chi connectivity index (χ1n) is 8.06. The number of methoxy groups -OCH3 is 1. The van der Waals surface area contributed by atoms with Gasteiger partial charge < -0.3 is 10.1 Å². The quantitative estimate of drug-likeness (QED) is 0.461. The van der Waals surface area contributed by atoms with Gasteiger partial charge in [-0.15, -0.1) is 11.8 Å². The molecule has 0 saturated carbocycles. The number of halogens is 2. The lowest BCUT2D eigenvalue weighted by atomic mass is 10.1. The largest absolute Gasteiger partial charge is 0.496 e. The standard InChI is InChI=1S/C19H21BrFNO2S/c1-24-18-9-3-14(13-17(18)20)4-10-19(23)22-11-2-12-25-16-7-5-15(21)6-8-16/h3,5-9,13H,2,4,10-12H2,1H3,(H,22,23). The Labute approximate surface area is 160 Å². The van der Waals surface area contributed by atoms with Gasteiger partial charge in [0.25, 0.3) is 0 Å². The molecule has 0 fully saturated rings. The summed E-state index contributed by atoms with van der Waals surface area (Å²) in [6.07, 6.45) is 2.03. The fourth-order valence-corrected chi connectivity index (χ4v) is 3.67. The average molecular weight is 426 g/mol. The van der Waals surface area contributed by atoms with Crippen molar-refractivity contribution in [2.24, 2.45) is 0 Å². The molecule has 0 aliphatic heterocycles. The predicted octanol–water partition coefficient (Wildman–Crippen LogP) is 4.83. The Balaban J connectivity index is 1.60. The van der Waals surface area contributed by atoms with Gasteiger partial charge in [-0.05, 0) is 76.5 Å². The number of aryl methyl sites for hydroxylation is 1. The van der Waals surface area contributed by atoms with Crippen LogP contribution in [-0.4, -0.2) is 25.3 Å². The molecular formula is C19H21BrFNO2S. The Hall–Kier alpha value is -1.53. The van der Waals surface area contributed by atoms with Gasteiger partial charge in [0.2, 0.25) is 5.91 Å². The second-order valence-corrected chi connectivity index (χ2v) is 7.50. The number of hydrogen-bond acceptors (Lipinski definition) is 3. The van der Waals surface area contributed by atoms with Gasteiger partial charge in [0.1, 0.15) is 11.6 Å². The van der Waals surface area contributed by atoms with Gasteiger partial charge in [-0.2, -0.15) is 0 Å². The Morgan fingerprint density at radius 2 is 2.00 bits per heavy atom. The van der Waals surface area contributed by atoms with Crippen LogP contribution in [0.3, 0.4) is 0 Å². The molecule has 0 spiro atoms. The number of rotatable bonds is 9.